The highest BCUT2D eigenvalue weighted by Crippen LogP contribution is 2.43. The molecule has 0 aromatic rings. The maximum absolute atomic E-state index is 12.8. The lowest BCUT2D eigenvalue weighted by Crippen LogP contribution is -2.46. The quantitative estimate of drug-likeness (QED) is 0.0235. The van der Waals surface area contributed by atoms with Crippen LogP contribution in [0, 0.1) is 0 Å². The summed E-state index contributed by atoms with van der Waals surface area (Å²) in [5, 5.41) is 24.0. The van der Waals surface area contributed by atoms with Gasteiger partial charge in [0.25, 0.3) is 0 Å². The number of rotatable bonds is 41. The van der Waals surface area contributed by atoms with E-state index in [2.05, 4.69) is 19.2 Å². The summed E-state index contributed by atoms with van der Waals surface area (Å²) in [7, 11) is -4.39. The van der Waals surface area contributed by atoms with Gasteiger partial charge >= 0.3 is 7.82 Å². The molecule has 0 aliphatic carbocycles. The van der Waals surface area contributed by atoms with E-state index in [1.807, 2.05) is 6.08 Å². The Bertz CT molecular complexity index is 847. The molecule has 0 saturated carbocycles. The highest BCUT2D eigenvalue weighted by molar-refractivity contribution is 7.47. The third-order valence-electron chi connectivity index (χ3n) is 9.92. The van der Waals surface area contributed by atoms with Crippen LogP contribution in [0.2, 0.25) is 0 Å². The standard InChI is InChI=1S/C42H85N2O7P/c1-3-5-7-9-11-13-15-16-17-18-19-20-21-22-23-24-25-27-29-31-33-39(45)37-42(47)44-40(38-51-52(48,49)50-36-35-43)41(46)34-32-30-28-26-14-12-10-8-6-4-2/h32,34,39-41,45-46H,3-31,33,35-38,43H2,1-2H3,(H,44,47)(H,48,49)/b34-32+. The van der Waals surface area contributed by atoms with Crippen LogP contribution in [-0.4, -0.2) is 59.0 Å². The van der Waals surface area contributed by atoms with E-state index in [9.17, 15) is 24.5 Å². The number of hydrogen-bond donors (Lipinski definition) is 5. The molecule has 0 aliphatic heterocycles. The molecule has 0 radical (unpaired) electrons. The Balaban J connectivity index is 4.15. The summed E-state index contributed by atoms with van der Waals surface area (Å²) in [5.41, 5.74) is 5.35. The van der Waals surface area contributed by atoms with Gasteiger partial charge in [-0.25, -0.2) is 4.57 Å². The molecule has 0 saturated heterocycles. The fourth-order valence-electron chi connectivity index (χ4n) is 6.59. The molecular formula is C42H85N2O7P. The monoisotopic (exact) mass is 761 g/mol. The van der Waals surface area contributed by atoms with Crippen LogP contribution in [0.1, 0.15) is 213 Å². The number of unbranched alkanes of at least 4 members (excludes halogenated alkanes) is 27. The van der Waals surface area contributed by atoms with Crippen molar-refractivity contribution in [1.29, 1.82) is 0 Å². The number of allylic oxidation sites excluding steroid dienone is 1. The predicted octanol–water partition coefficient (Wildman–Crippen LogP) is 11.0. The van der Waals surface area contributed by atoms with Crippen molar-refractivity contribution in [2.45, 2.75) is 231 Å². The lowest BCUT2D eigenvalue weighted by molar-refractivity contribution is -0.124. The van der Waals surface area contributed by atoms with Gasteiger partial charge in [0.1, 0.15) is 0 Å². The number of hydrogen-bond acceptors (Lipinski definition) is 7. The maximum atomic E-state index is 12.8. The molecule has 0 fully saturated rings. The normalized spacial score (nSPS) is 14.8. The molecule has 0 bridgehead atoms. The Kier molecular flexibility index (Phi) is 37.9. The third kappa shape index (κ3) is 36.2. The molecule has 310 valence electrons. The van der Waals surface area contributed by atoms with Gasteiger partial charge in [-0.2, -0.15) is 0 Å². The maximum Gasteiger partial charge on any atom is 0.472 e. The van der Waals surface area contributed by atoms with Gasteiger partial charge in [-0.3, -0.25) is 13.8 Å². The van der Waals surface area contributed by atoms with E-state index in [-0.39, 0.29) is 19.6 Å². The number of aliphatic hydroxyl groups excluding tert-OH is 2. The first-order valence-electron chi connectivity index (χ1n) is 21.9. The smallest absolute Gasteiger partial charge is 0.393 e. The fourth-order valence-corrected chi connectivity index (χ4v) is 7.35. The van der Waals surface area contributed by atoms with E-state index in [1.165, 1.54) is 148 Å². The van der Waals surface area contributed by atoms with Crippen molar-refractivity contribution in [1.82, 2.24) is 5.32 Å². The summed E-state index contributed by atoms with van der Waals surface area (Å²) in [6.45, 7) is 3.96. The molecule has 0 aliphatic rings. The first-order valence-corrected chi connectivity index (χ1v) is 23.4. The van der Waals surface area contributed by atoms with Crippen molar-refractivity contribution in [3.05, 3.63) is 12.2 Å². The minimum Gasteiger partial charge on any atom is -0.393 e. The van der Waals surface area contributed by atoms with E-state index in [1.54, 1.807) is 6.08 Å². The van der Waals surface area contributed by atoms with Crippen LogP contribution in [0.15, 0.2) is 12.2 Å². The Hall–Kier alpha value is -0.800. The summed E-state index contributed by atoms with van der Waals surface area (Å²) in [6.07, 6.45) is 38.8. The molecule has 4 unspecified atom stereocenters. The molecule has 6 N–H and O–H groups in total. The number of nitrogens with one attached hydrogen (secondary N) is 1. The Morgan fingerprint density at radius 2 is 1.06 bits per heavy atom. The average molecular weight is 761 g/mol. The molecule has 0 aromatic carbocycles. The summed E-state index contributed by atoms with van der Waals surface area (Å²) in [5.74, 6) is -0.444. The molecule has 52 heavy (non-hydrogen) atoms. The van der Waals surface area contributed by atoms with Crippen molar-refractivity contribution >= 4 is 13.7 Å². The second kappa shape index (κ2) is 38.5. The molecule has 0 heterocycles. The Labute approximate surface area is 320 Å². The van der Waals surface area contributed by atoms with Crippen molar-refractivity contribution in [2.24, 2.45) is 5.73 Å². The second-order valence-corrected chi connectivity index (χ2v) is 16.6. The van der Waals surface area contributed by atoms with Crippen LogP contribution in [-0.2, 0) is 18.4 Å². The molecule has 10 heteroatoms. The summed E-state index contributed by atoms with van der Waals surface area (Å²) in [4.78, 5) is 22.7. The van der Waals surface area contributed by atoms with Gasteiger partial charge in [-0.1, -0.05) is 199 Å². The lowest BCUT2D eigenvalue weighted by Gasteiger charge is -2.24. The number of phosphoric ester groups is 1. The molecule has 0 rings (SSSR count). The van der Waals surface area contributed by atoms with E-state index < -0.39 is 38.6 Å². The number of amides is 1. The zero-order chi connectivity index (χ0) is 38.4. The van der Waals surface area contributed by atoms with Crippen LogP contribution in [0.25, 0.3) is 0 Å². The van der Waals surface area contributed by atoms with Crippen LogP contribution in [0.3, 0.4) is 0 Å². The van der Waals surface area contributed by atoms with Gasteiger partial charge in [-0.05, 0) is 19.3 Å². The van der Waals surface area contributed by atoms with Crippen molar-refractivity contribution in [3.8, 4) is 0 Å². The van der Waals surface area contributed by atoms with Gasteiger partial charge in [0.2, 0.25) is 5.91 Å². The average Bonchev–Trinajstić information content (AvgIpc) is 3.12. The Morgan fingerprint density at radius 1 is 0.654 bits per heavy atom. The van der Waals surface area contributed by atoms with Crippen LogP contribution in [0.5, 0.6) is 0 Å². The van der Waals surface area contributed by atoms with E-state index in [4.69, 9.17) is 14.8 Å². The Morgan fingerprint density at radius 3 is 1.48 bits per heavy atom. The SMILES string of the molecule is CCCCCCCCCC/C=C/C(O)C(COP(=O)(O)OCCN)NC(=O)CC(O)CCCCCCCCCCCCCCCCCCCCCC. The summed E-state index contributed by atoms with van der Waals surface area (Å²) >= 11 is 0. The van der Waals surface area contributed by atoms with Crippen molar-refractivity contribution in [2.75, 3.05) is 19.8 Å². The van der Waals surface area contributed by atoms with Gasteiger partial charge in [0, 0.05) is 6.54 Å². The zero-order valence-corrected chi connectivity index (χ0v) is 34.8. The van der Waals surface area contributed by atoms with Crippen molar-refractivity contribution in [3.63, 3.8) is 0 Å². The topological polar surface area (TPSA) is 151 Å². The van der Waals surface area contributed by atoms with Gasteiger partial charge in [0.15, 0.2) is 0 Å². The predicted molar refractivity (Wildman–Crippen MR) is 218 cm³/mol. The lowest BCUT2D eigenvalue weighted by atomic mass is 10.0. The number of carbonyl (C=O) groups excluding carboxylic acids is 1. The molecule has 4 atom stereocenters. The number of nitrogens with two attached hydrogens (primary N) is 1. The highest BCUT2D eigenvalue weighted by atomic mass is 31.2. The van der Waals surface area contributed by atoms with Crippen LogP contribution < -0.4 is 11.1 Å². The van der Waals surface area contributed by atoms with Gasteiger partial charge in [0.05, 0.1) is 37.9 Å². The molecule has 9 nitrogen and oxygen atoms in total. The number of aliphatic hydroxyl groups is 2. The second-order valence-electron chi connectivity index (χ2n) is 15.1. The molecule has 0 spiro atoms. The minimum absolute atomic E-state index is 0.0512. The van der Waals surface area contributed by atoms with E-state index in [0.717, 1.165) is 38.5 Å². The van der Waals surface area contributed by atoms with Gasteiger partial charge < -0.3 is 26.2 Å². The molecule has 0 aromatic heterocycles. The summed E-state index contributed by atoms with van der Waals surface area (Å²) in [6, 6.07) is -0.976. The largest absolute Gasteiger partial charge is 0.472 e. The van der Waals surface area contributed by atoms with E-state index >= 15 is 0 Å². The first-order chi connectivity index (χ1) is 25.3. The number of phosphoric acid groups is 1. The van der Waals surface area contributed by atoms with Gasteiger partial charge in [-0.15, -0.1) is 0 Å². The zero-order valence-electron chi connectivity index (χ0n) is 33.9. The summed E-state index contributed by atoms with van der Waals surface area (Å²) < 4.78 is 22.0. The first kappa shape index (κ1) is 51.2. The van der Waals surface area contributed by atoms with Crippen LogP contribution >= 0.6 is 7.82 Å². The van der Waals surface area contributed by atoms with Crippen LogP contribution in [0.4, 0.5) is 0 Å². The fraction of sp³-hybridized carbons (Fsp3) is 0.929. The minimum atomic E-state index is -4.39. The number of carbonyl (C=O) groups is 1. The van der Waals surface area contributed by atoms with E-state index in [0.29, 0.717) is 6.42 Å². The molecular weight excluding hydrogens is 675 g/mol. The third-order valence-corrected chi connectivity index (χ3v) is 10.9. The van der Waals surface area contributed by atoms with Crippen molar-refractivity contribution < 1.29 is 33.5 Å². The highest BCUT2D eigenvalue weighted by Gasteiger charge is 2.27. The molecule has 1 amide bonds.